The third-order valence-corrected chi connectivity index (χ3v) is 5.02. The van der Waals surface area contributed by atoms with Gasteiger partial charge in [-0.2, -0.15) is 5.10 Å². The molecule has 0 spiro atoms. The molecule has 1 amide bonds. The molecule has 27 heavy (non-hydrogen) atoms. The highest BCUT2D eigenvalue weighted by molar-refractivity contribution is 5.95. The van der Waals surface area contributed by atoms with Crippen molar-refractivity contribution in [2.75, 3.05) is 39.3 Å². The van der Waals surface area contributed by atoms with Gasteiger partial charge in [-0.1, -0.05) is 31.5 Å². The maximum Gasteiger partial charge on any atom is 0.254 e. The molecule has 1 aliphatic rings. The number of aryl methyl sites for hydroxylation is 1. The SMILES string of the molecule is Cc1ccc(-n2ncc(C(=O)NCCCN3CCNCC3)c2C(C)C)cc1. The van der Waals surface area contributed by atoms with E-state index in [2.05, 4.69) is 53.5 Å². The van der Waals surface area contributed by atoms with Crippen LogP contribution in [0.3, 0.4) is 0 Å². The van der Waals surface area contributed by atoms with Crippen molar-refractivity contribution < 1.29 is 4.79 Å². The first kappa shape index (κ1) is 19.6. The van der Waals surface area contributed by atoms with Crippen LogP contribution in [-0.4, -0.2) is 59.9 Å². The molecule has 6 nitrogen and oxygen atoms in total. The minimum atomic E-state index is -0.0302. The van der Waals surface area contributed by atoms with Gasteiger partial charge in [0.25, 0.3) is 5.91 Å². The summed E-state index contributed by atoms with van der Waals surface area (Å²) < 4.78 is 1.89. The van der Waals surface area contributed by atoms with Crippen LogP contribution in [0.4, 0.5) is 0 Å². The second-order valence-electron chi connectivity index (χ2n) is 7.55. The molecule has 0 saturated carbocycles. The predicted octanol–water partition coefficient (Wildman–Crippen LogP) is 2.33. The summed E-state index contributed by atoms with van der Waals surface area (Å²) >= 11 is 0. The summed E-state index contributed by atoms with van der Waals surface area (Å²) in [4.78, 5) is 15.2. The van der Waals surface area contributed by atoms with E-state index in [1.54, 1.807) is 6.20 Å². The Morgan fingerprint density at radius 1 is 1.22 bits per heavy atom. The van der Waals surface area contributed by atoms with E-state index in [0.717, 1.165) is 50.5 Å². The van der Waals surface area contributed by atoms with Crippen LogP contribution in [0.15, 0.2) is 30.5 Å². The van der Waals surface area contributed by atoms with Crippen molar-refractivity contribution in [3.05, 3.63) is 47.3 Å². The van der Waals surface area contributed by atoms with E-state index in [-0.39, 0.29) is 11.8 Å². The van der Waals surface area contributed by atoms with Crippen molar-refractivity contribution in [2.24, 2.45) is 0 Å². The minimum absolute atomic E-state index is 0.0302. The fraction of sp³-hybridized carbons (Fsp3) is 0.524. The smallest absolute Gasteiger partial charge is 0.254 e. The van der Waals surface area contributed by atoms with E-state index in [0.29, 0.717) is 12.1 Å². The number of aromatic nitrogens is 2. The second-order valence-corrected chi connectivity index (χ2v) is 7.55. The van der Waals surface area contributed by atoms with Crippen LogP contribution in [0.2, 0.25) is 0 Å². The highest BCUT2D eigenvalue weighted by Crippen LogP contribution is 2.23. The Bertz CT molecular complexity index is 744. The third kappa shape index (κ3) is 4.96. The summed E-state index contributed by atoms with van der Waals surface area (Å²) in [5.41, 5.74) is 3.83. The highest BCUT2D eigenvalue weighted by Gasteiger charge is 2.20. The lowest BCUT2D eigenvalue weighted by atomic mass is 10.0. The Morgan fingerprint density at radius 3 is 2.59 bits per heavy atom. The van der Waals surface area contributed by atoms with Crippen LogP contribution in [0.25, 0.3) is 5.69 Å². The number of piperazine rings is 1. The number of nitrogens with one attached hydrogen (secondary N) is 2. The molecule has 0 atom stereocenters. The second kappa shape index (κ2) is 9.15. The first-order chi connectivity index (χ1) is 13.1. The van der Waals surface area contributed by atoms with Crippen molar-refractivity contribution in [3.63, 3.8) is 0 Å². The molecule has 0 unspecified atom stereocenters. The topological polar surface area (TPSA) is 62.2 Å². The van der Waals surface area contributed by atoms with Gasteiger partial charge in [-0.3, -0.25) is 4.79 Å². The Labute approximate surface area is 161 Å². The van der Waals surface area contributed by atoms with Crippen molar-refractivity contribution >= 4 is 5.91 Å². The monoisotopic (exact) mass is 369 g/mol. The fourth-order valence-electron chi connectivity index (χ4n) is 3.51. The predicted molar refractivity (Wildman–Crippen MR) is 109 cm³/mol. The number of carbonyl (C=O) groups is 1. The van der Waals surface area contributed by atoms with Crippen LogP contribution < -0.4 is 10.6 Å². The fourth-order valence-corrected chi connectivity index (χ4v) is 3.51. The van der Waals surface area contributed by atoms with Crippen molar-refractivity contribution in [3.8, 4) is 5.69 Å². The zero-order valence-corrected chi connectivity index (χ0v) is 16.7. The summed E-state index contributed by atoms with van der Waals surface area (Å²) in [6.45, 7) is 12.3. The number of nitrogens with zero attached hydrogens (tertiary/aromatic N) is 3. The highest BCUT2D eigenvalue weighted by atomic mass is 16.1. The van der Waals surface area contributed by atoms with Gasteiger partial charge in [0.05, 0.1) is 23.1 Å². The van der Waals surface area contributed by atoms with Crippen LogP contribution in [0.1, 0.15) is 47.8 Å². The van der Waals surface area contributed by atoms with Crippen molar-refractivity contribution in [2.45, 2.75) is 33.1 Å². The molecule has 2 aromatic rings. The first-order valence-electron chi connectivity index (χ1n) is 9.92. The van der Waals surface area contributed by atoms with Gasteiger partial charge in [-0.05, 0) is 37.9 Å². The largest absolute Gasteiger partial charge is 0.352 e. The van der Waals surface area contributed by atoms with Crippen LogP contribution in [0, 0.1) is 6.92 Å². The molecular formula is C21H31N5O. The third-order valence-electron chi connectivity index (χ3n) is 5.02. The quantitative estimate of drug-likeness (QED) is 0.736. The van der Waals surface area contributed by atoms with Gasteiger partial charge in [0.15, 0.2) is 0 Å². The Hall–Kier alpha value is -2.18. The van der Waals surface area contributed by atoms with Crippen LogP contribution >= 0.6 is 0 Å². The summed E-state index contributed by atoms with van der Waals surface area (Å²) in [5.74, 6) is 0.174. The Kier molecular flexibility index (Phi) is 6.63. The number of carbonyl (C=O) groups excluding carboxylic acids is 1. The van der Waals surface area contributed by atoms with Gasteiger partial charge in [0.2, 0.25) is 0 Å². The molecule has 1 aliphatic heterocycles. The number of benzene rings is 1. The average molecular weight is 370 g/mol. The van der Waals surface area contributed by atoms with E-state index >= 15 is 0 Å². The minimum Gasteiger partial charge on any atom is -0.352 e. The molecule has 0 radical (unpaired) electrons. The average Bonchev–Trinajstić information content (AvgIpc) is 3.12. The first-order valence-corrected chi connectivity index (χ1v) is 9.92. The molecule has 1 aromatic heterocycles. The molecule has 2 heterocycles. The number of hydrogen-bond donors (Lipinski definition) is 2. The van der Waals surface area contributed by atoms with E-state index < -0.39 is 0 Å². The maximum absolute atomic E-state index is 12.7. The molecule has 1 saturated heterocycles. The van der Waals surface area contributed by atoms with E-state index in [4.69, 9.17) is 0 Å². The van der Waals surface area contributed by atoms with E-state index in [1.807, 2.05) is 16.8 Å². The van der Waals surface area contributed by atoms with Gasteiger partial charge < -0.3 is 15.5 Å². The molecule has 1 aromatic carbocycles. The number of amides is 1. The standard InChI is InChI=1S/C21H31N5O/c1-16(2)20-19(15-24-26(20)18-7-5-17(3)6-8-18)21(27)23-9-4-12-25-13-10-22-11-14-25/h5-8,15-16,22H,4,9-14H2,1-3H3,(H,23,27). The molecular weight excluding hydrogens is 338 g/mol. The Morgan fingerprint density at radius 2 is 1.93 bits per heavy atom. The summed E-state index contributed by atoms with van der Waals surface area (Å²) in [5, 5.41) is 10.9. The zero-order chi connectivity index (χ0) is 19.2. The van der Waals surface area contributed by atoms with Crippen molar-refractivity contribution in [1.82, 2.24) is 25.3 Å². The van der Waals surface area contributed by atoms with Gasteiger partial charge in [-0.25, -0.2) is 4.68 Å². The lowest BCUT2D eigenvalue weighted by Gasteiger charge is -2.27. The molecule has 2 N–H and O–H groups in total. The lowest BCUT2D eigenvalue weighted by molar-refractivity contribution is 0.0950. The normalized spacial score (nSPS) is 15.3. The molecule has 0 aliphatic carbocycles. The van der Waals surface area contributed by atoms with E-state index in [9.17, 15) is 4.79 Å². The molecule has 0 bridgehead atoms. The number of rotatable bonds is 7. The van der Waals surface area contributed by atoms with Crippen LogP contribution in [0.5, 0.6) is 0 Å². The molecule has 1 fully saturated rings. The Balaban J connectivity index is 1.63. The summed E-state index contributed by atoms with van der Waals surface area (Å²) in [7, 11) is 0. The van der Waals surface area contributed by atoms with Crippen molar-refractivity contribution in [1.29, 1.82) is 0 Å². The molecule has 146 valence electrons. The summed E-state index contributed by atoms with van der Waals surface area (Å²) in [6.07, 6.45) is 2.66. The van der Waals surface area contributed by atoms with Gasteiger partial charge in [0.1, 0.15) is 0 Å². The van der Waals surface area contributed by atoms with Crippen LogP contribution in [-0.2, 0) is 0 Å². The van der Waals surface area contributed by atoms with Gasteiger partial charge >= 0.3 is 0 Å². The molecule has 6 heteroatoms. The summed E-state index contributed by atoms with van der Waals surface area (Å²) in [6, 6.07) is 8.22. The molecule has 3 rings (SSSR count). The van der Waals surface area contributed by atoms with Gasteiger partial charge in [-0.15, -0.1) is 0 Å². The number of hydrogen-bond acceptors (Lipinski definition) is 4. The lowest BCUT2D eigenvalue weighted by Crippen LogP contribution is -2.44. The van der Waals surface area contributed by atoms with E-state index in [1.165, 1.54) is 5.56 Å². The van der Waals surface area contributed by atoms with Gasteiger partial charge in [0, 0.05) is 32.7 Å². The maximum atomic E-state index is 12.7. The zero-order valence-electron chi connectivity index (χ0n) is 16.7.